The van der Waals surface area contributed by atoms with E-state index in [1.807, 2.05) is 42.5 Å². The van der Waals surface area contributed by atoms with Crippen molar-refractivity contribution in [2.75, 3.05) is 19.7 Å². The van der Waals surface area contributed by atoms with Crippen LogP contribution in [0, 0.1) is 5.92 Å². The lowest BCUT2D eigenvalue weighted by Crippen LogP contribution is -2.39. The van der Waals surface area contributed by atoms with Crippen LogP contribution >= 0.6 is 15.9 Å². The number of rotatable bonds is 5. The van der Waals surface area contributed by atoms with Gasteiger partial charge in [0.2, 0.25) is 0 Å². The molecule has 29 heavy (non-hydrogen) atoms. The number of nitrogens with zero attached hydrogens (tertiary/aromatic N) is 1. The first-order valence-corrected chi connectivity index (χ1v) is 10.7. The number of amides is 1. The van der Waals surface area contributed by atoms with Crippen molar-refractivity contribution < 1.29 is 14.3 Å². The van der Waals surface area contributed by atoms with E-state index < -0.39 is 0 Å². The van der Waals surface area contributed by atoms with E-state index in [0.29, 0.717) is 32.2 Å². The second-order valence-electron chi connectivity index (χ2n) is 7.43. The van der Waals surface area contributed by atoms with Crippen molar-refractivity contribution in [2.45, 2.75) is 19.4 Å². The van der Waals surface area contributed by atoms with Crippen molar-refractivity contribution in [1.29, 1.82) is 0 Å². The van der Waals surface area contributed by atoms with Crippen LogP contribution in [0.15, 0.2) is 71.2 Å². The highest BCUT2D eigenvalue weighted by molar-refractivity contribution is 9.10. The molecule has 0 atom stereocenters. The Kier molecular flexibility index (Phi) is 6.35. The molecule has 1 aliphatic rings. The van der Waals surface area contributed by atoms with Crippen LogP contribution < -0.4 is 4.74 Å². The predicted molar refractivity (Wildman–Crippen MR) is 118 cm³/mol. The first kappa shape index (κ1) is 19.8. The van der Waals surface area contributed by atoms with E-state index in [-0.39, 0.29) is 6.09 Å². The van der Waals surface area contributed by atoms with Crippen LogP contribution in [-0.4, -0.2) is 30.7 Å². The van der Waals surface area contributed by atoms with Crippen molar-refractivity contribution in [1.82, 2.24) is 4.90 Å². The van der Waals surface area contributed by atoms with Crippen LogP contribution in [0.1, 0.15) is 18.4 Å². The van der Waals surface area contributed by atoms with Gasteiger partial charge in [-0.15, -0.1) is 0 Å². The van der Waals surface area contributed by atoms with Crippen molar-refractivity contribution in [3.8, 4) is 5.75 Å². The Bertz CT molecular complexity index is 968. The molecule has 3 aromatic carbocycles. The molecule has 4 nitrogen and oxygen atoms in total. The van der Waals surface area contributed by atoms with Crippen molar-refractivity contribution in [2.24, 2.45) is 5.92 Å². The summed E-state index contributed by atoms with van der Waals surface area (Å²) in [5.41, 5.74) is 1.01. The molecule has 0 aromatic heterocycles. The van der Waals surface area contributed by atoms with Gasteiger partial charge in [-0.2, -0.15) is 0 Å². The maximum Gasteiger partial charge on any atom is 0.410 e. The summed E-state index contributed by atoms with van der Waals surface area (Å²) in [4.78, 5) is 14.1. The Labute approximate surface area is 179 Å². The Morgan fingerprint density at radius 3 is 2.52 bits per heavy atom. The number of carbonyl (C=O) groups is 1. The molecule has 0 bridgehead atoms. The number of hydrogen-bond acceptors (Lipinski definition) is 3. The summed E-state index contributed by atoms with van der Waals surface area (Å²) in [6.07, 6.45) is 1.63. The van der Waals surface area contributed by atoms with Crippen LogP contribution in [0.25, 0.3) is 10.8 Å². The SMILES string of the molecule is O=C(OCc1ccccc1)N1CCC(COc2ccc3ccc(Br)cc3c2)CC1. The third-order valence-electron chi connectivity index (χ3n) is 5.34. The highest BCUT2D eigenvalue weighted by atomic mass is 79.9. The zero-order chi connectivity index (χ0) is 20.1. The zero-order valence-corrected chi connectivity index (χ0v) is 17.8. The van der Waals surface area contributed by atoms with Gasteiger partial charge in [-0.05, 0) is 59.4 Å². The molecule has 1 amide bonds. The highest BCUT2D eigenvalue weighted by Gasteiger charge is 2.24. The smallest absolute Gasteiger partial charge is 0.410 e. The Morgan fingerprint density at radius 1 is 0.966 bits per heavy atom. The van der Waals surface area contributed by atoms with Gasteiger partial charge in [-0.3, -0.25) is 0 Å². The molecule has 0 saturated carbocycles. The lowest BCUT2D eigenvalue weighted by Gasteiger charge is -2.31. The summed E-state index contributed by atoms with van der Waals surface area (Å²) >= 11 is 3.52. The molecule has 0 N–H and O–H groups in total. The van der Waals surface area contributed by atoms with E-state index in [0.717, 1.165) is 34.0 Å². The topological polar surface area (TPSA) is 38.8 Å². The third kappa shape index (κ3) is 5.30. The molecular weight excluding hydrogens is 430 g/mol. The first-order valence-electron chi connectivity index (χ1n) is 9.95. The molecule has 3 aromatic rings. The molecule has 1 heterocycles. The van der Waals surface area contributed by atoms with Crippen LogP contribution in [0.4, 0.5) is 4.79 Å². The van der Waals surface area contributed by atoms with Gasteiger partial charge in [0.15, 0.2) is 0 Å². The van der Waals surface area contributed by atoms with Crippen LogP contribution in [0.5, 0.6) is 5.75 Å². The van der Waals surface area contributed by atoms with Gasteiger partial charge in [-0.1, -0.05) is 58.4 Å². The maximum absolute atomic E-state index is 12.3. The van der Waals surface area contributed by atoms with Gasteiger partial charge in [-0.25, -0.2) is 4.79 Å². The Hall–Kier alpha value is -2.53. The minimum atomic E-state index is -0.228. The van der Waals surface area contributed by atoms with Gasteiger partial charge < -0.3 is 14.4 Å². The molecule has 0 spiro atoms. The average Bonchev–Trinajstić information content (AvgIpc) is 2.77. The van der Waals surface area contributed by atoms with E-state index in [9.17, 15) is 4.79 Å². The van der Waals surface area contributed by atoms with Crippen molar-refractivity contribution >= 4 is 32.8 Å². The first-order chi connectivity index (χ1) is 14.2. The fourth-order valence-electron chi connectivity index (χ4n) is 3.59. The number of ether oxygens (including phenoxy) is 2. The maximum atomic E-state index is 12.3. The molecule has 1 fully saturated rings. The highest BCUT2D eigenvalue weighted by Crippen LogP contribution is 2.26. The number of hydrogen-bond donors (Lipinski definition) is 0. The number of halogens is 1. The number of carbonyl (C=O) groups excluding carboxylic acids is 1. The summed E-state index contributed by atoms with van der Waals surface area (Å²) in [5.74, 6) is 1.34. The average molecular weight is 454 g/mol. The summed E-state index contributed by atoms with van der Waals surface area (Å²) in [6.45, 7) is 2.42. The molecule has 0 aliphatic carbocycles. The Balaban J connectivity index is 1.23. The Morgan fingerprint density at radius 2 is 1.72 bits per heavy atom. The normalized spacial score (nSPS) is 14.7. The molecule has 1 saturated heterocycles. The largest absolute Gasteiger partial charge is 0.493 e. The standard InChI is InChI=1S/C24H24BrNO3/c25-22-8-6-20-7-9-23(15-21(20)14-22)28-16-19-10-12-26(13-11-19)24(27)29-17-18-4-2-1-3-5-18/h1-9,14-15,19H,10-13,16-17H2. The molecular formula is C24H24BrNO3. The molecule has 0 radical (unpaired) electrons. The van der Waals surface area contributed by atoms with E-state index >= 15 is 0 Å². The third-order valence-corrected chi connectivity index (χ3v) is 5.83. The van der Waals surface area contributed by atoms with E-state index in [1.54, 1.807) is 4.90 Å². The number of benzene rings is 3. The predicted octanol–water partition coefficient (Wildman–Crippen LogP) is 6.03. The van der Waals surface area contributed by atoms with Gasteiger partial charge >= 0.3 is 6.09 Å². The second-order valence-corrected chi connectivity index (χ2v) is 8.35. The number of fused-ring (bicyclic) bond motifs is 1. The minimum absolute atomic E-state index is 0.228. The zero-order valence-electron chi connectivity index (χ0n) is 16.2. The fourth-order valence-corrected chi connectivity index (χ4v) is 3.97. The monoisotopic (exact) mass is 453 g/mol. The summed E-state index contributed by atoms with van der Waals surface area (Å²) < 4.78 is 12.5. The molecule has 4 rings (SSSR count). The van der Waals surface area contributed by atoms with Gasteiger partial charge in [0.05, 0.1) is 6.61 Å². The summed E-state index contributed by atoms with van der Waals surface area (Å²) in [7, 11) is 0. The molecule has 5 heteroatoms. The molecule has 1 aliphatic heterocycles. The summed E-state index contributed by atoms with van der Waals surface area (Å²) in [5, 5.41) is 2.36. The molecule has 150 valence electrons. The second kappa shape index (κ2) is 9.31. The number of likely N-dealkylation sites (tertiary alicyclic amines) is 1. The van der Waals surface area contributed by atoms with Crippen LogP contribution in [0.3, 0.4) is 0 Å². The van der Waals surface area contributed by atoms with Gasteiger partial charge in [0.25, 0.3) is 0 Å². The van der Waals surface area contributed by atoms with Gasteiger partial charge in [0, 0.05) is 17.6 Å². The lowest BCUT2D eigenvalue weighted by molar-refractivity contribution is 0.0761. The number of piperidine rings is 1. The van der Waals surface area contributed by atoms with Gasteiger partial charge in [0.1, 0.15) is 12.4 Å². The fraction of sp³-hybridized carbons (Fsp3) is 0.292. The lowest BCUT2D eigenvalue weighted by atomic mass is 9.98. The molecule has 0 unspecified atom stereocenters. The van der Waals surface area contributed by atoms with E-state index in [1.165, 1.54) is 5.39 Å². The minimum Gasteiger partial charge on any atom is -0.493 e. The van der Waals surface area contributed by atoms with Crippen LogP contribution in [-0.2, 0) is 11.3 Å². The van der Waals surface area contributed by atoms with E-state index in [4.69, 9.17) is 9.47 Å². The van der Waals surface area contributed by atoms with Crippen molar-refractivity contribution in [3.63, 3.8) is 0 Å². The van der Waals surface area contributed by atoms with Crippen molar-refractivity contribution in [3.05, 3.63) is 76.8 Å². The quantitative estimate of drug-likeness (QED) is 0.473. The summed E-state index contributed by atoms with van der Waals surface area (Å²) in [6, 6.07) is 22.2. The van der Waals surface area contributed by atoms with E-state index in [2.05, 4.69) is 40.2 Å². The van der Waals surface area contributed by atoms with Crippen LogP contribution in [0.2, 0.25) is 0 Å².